The van der Waals surface area contributed by atoms with Crippen LogP contribution in [0.1, 0.15) is 42.5 Å². The minimum Gasteiger partial charge on any atom is -0.340 e. The zero-order valence-corrected chi connectivity index (χ0v) is 16.2. The Morgan fingerprint density at radius 2 is 2.00 bits per heavy atom. The van der Waals surface area contributed by atoms with E-state index in [0.29, 0.717) is 5.69 Å². The van der Waals surface area contributed by atoms with Crippen molar-refractivity contribution in [2.75, 3.05) is 10.6 Å². The van der Waals surface area contributed by atoms with Crippen LogP contribution in [0.5, 0.6) is 0 Å². The van der Waals surface area contributed by atoms with Gasteiger partial charge in [-0.2, -0.15) is 0 Å². The van der Waals surface area contributed by atoms with Crippen molar-refractivity contribution in [2.24, 2.45) is 5.92 Å². The van der Waals surface area contributed by atoms with Crippen LogP contribution in [0.3, 0.4) is 0 Å². The first kappa shape index (κ1) is 17.6. The van der Waals surface area contributed by atoms with Gasteiger partial charge >= 0.3 is 0 Å². The number of halogens is 1. The molecule has 1 aromatic carbocycles. The van der Waals surface area contributed by atoms with Gasteiger partial charge in [-0.1, -0.05) is 6.42 Å². The molecule has 2 heterocycles. The Kier molecular flexibility index (Phi) is 4.47. The third-order valence-corrected chi connectivity index (χ3v) is 6.64. The van der Waals surface area contributed by atoms with Crippen LogP contribution < -0.4 is 10.6 Å². The quantitative estimate of drug-likeness (QED) is 0.596. The maximum Gasteiger partial charge on any atom is 0.227 e. The number of hydrogen-bond donors (Lipinski definition) is 2. The lowest BCUT2D eigenvalue weighted by atomic mass is 10.1. The number of benzene rings is 1. The second kappa shape index (κ2) is 7.13. The first-order valence-corrected chi connectivity index (χ1v) is 10.6. The number of carbonyl (C=O) groups is 1. The largest absolute Gasteiger partial charge is 0.340 e. The van der Waals surface area contributed by atoms with Crippen molar-refractivity contribution in [3.05, 3.63) is 40.8 Å². The lowest BCUT2D eigenvalue weighted by Gasteiger charge is -2.11. The Labute approximate surface area is 166 Å². The highest BCUT2D eigenvalue weighted by Crippen LogP contribution is 2.38. The van der Waals surface area contributed by atoms with Gasteiger partial charge in [0.25, 0.3) is 0 Å². The van der Waals surface area contributed by atoms with Crippen molar-refractivity contribution in [3.63, 3.8) is 0 Å². The predicted molar refractivity (Wildman–Crippen MR) is 110 cm³/mol. The van der Waals surface area contributed by atoms with E-state index in [1.54, 1.807) is 29.8 Å². The second-order valence-corrected chi connectivity index (χ2v) is 8.63. The molecule has 5 rings (SSSR count). The summed E-state index contributed by atoms with van der Waals surface area (Å²) in [7, 11) is 0. The predicted octanol–water partition coefficient (Wildman–Crippen LogP) is 5.19. The molecule has 0 saturated heterocycles. The zero-order valence-electron chi connectivity index (χ0n) is 15.4. The summed E-state index contributed by atoms with van der Waals surface area (Å²) >= 11 is 1.75. The van der Waals surface area contributed by atoms with E-state index in [1.165, 1.54) is 35.8 Å². The van der Waals surface area contributed by atoms with Gasteiger partial charge in [0.15, 0.2) is 0 Å². The minimum atomic E-state index is -0.434. The number of nitrogens with zero attached hydrogens (tertiary/aromatic N) is 2. The van der Waals surface area contributed by atoms with Gasteiger partial charge in [-0.05, 0) is 62.3 Å². The molecule has 0 bridgehead atoms. The number of fused-ring (bicyclic) bond motifs is 3. The van der Waals surface area contributed by atoms with E-state index in [4.69, 9.17) is 0 Å². The Morgan fingerprint density at radius 1 is 1.14 bits per heavy atom. The number of rotatable bonds is 4. The number of nitrogens with one attached hydrogen (secondary N) is 2. The molecule has 7 heteroatoms. The average molecular weight is 396 g/mol. The molecule has 0 atom stereocenters. The van der Waals surface area contributed by atoms with Gasteiger partial charge in [0.1, 0.15) is 22.8 Å². The summed E-state index contributed by atoms with van der Waals surface area (Å²) in [6.07, 6.45) is 9.13. The zero-order chi connectivity index (χ0) is 19.1. The van der Waals surface area contributed by atoms with E-state index in [2.05, 4.69) is 20.6 Å². The number of hydrogen-bond acceptors (Lipinski definition) is 5. The van der Waals surface area contributed by atoms with Crippen molar-refractivity contribution in [2.45, 2.75) is 44.9 Å². The topological polar surface area (TPSA) is 66.9 Å². The summed E-state index contributed by atoms with van der Waals surface area (Å²) in [5, 5.41) is 7.11. The summed E-state index contributed by atoms with van der Waals surface area (Å²) in [5.41, 5.74) is 2.25. The molecule has 5 nitrogen and oxygen atoms in total. The van der Waals surface area contributed by atoms with Crippen molar-refractivity contribution in [1.29, 1.82) is 0 Å². The van der Waals surface area contributed by atoms with Crippen LogP contribution in [0.2, 0.25) is 0 Å². The van der Waals surface area contributed by atoms with Crippen LogP contribution in [-0.2, 0) is 17.6 Å². The number of anilines is 3. The smallest absolute Gasteiger partial charge is 0.227 e. The molecule has 0 radical (unpaired) electrons. The van der Waals surface area contributed by atoms with Gasteiger partial charge in [0, 0.05) is 16.5 Å². The van der Waals surface area contributed by atoms with Gasteiger partial charge in [-0.3, -0.25) is 4.79 Å². The van der Waals surface area contributed by atoms with Crippen LogP contribution in [0.4, 0.5) is 21.6 Å². The van der Waals surface area contributed by atoms with E-state index in [0.717, 1.165) is 41.7 Å². The number of amides is 1. The van der Waals surface area contributed by atoms with Gasteiger partial charge in [0.2, 0.25) is 5.91 Å². The van der Waals surface area contributed by atoms with Crippen molar-refractivity contribution < 1.29 is 9.18 Å². The van der Waals surface area contributed by atoms with Crippen LogP contribution in [0, 0.1) is 11.7 Å². The number of thiophene rings is 1. The van der Waals surface area contributed by atoms with Gasteiger partial charge in [0.05, 0.1) is 11.1 Å². The SMILES string of the molecule is O=C(Nc1cc(Nc2ncnc3sc4c(c23)CCCCC4)ccc1F)C1CC1. The third-order valence-electron chi connectivity index (χ3n) is 5.44. The van der Waals surface area contributed by atoms with Crippen LogP contribution in [-0.4, -0.2) is 15.9 Å². The second-order valence-electron chi connectivity index (χ2n) is 7.55. The molecule has 1 saturated carbocycles. The summed E-state index contributed by atoms with van der Waals surface area (Å²) in [4.78, 5) is 23.4. The highest BCUT2D eigenvalue weighted by molar-refractivity contribution is 7.18. The number of aryl methyl sites for hydroxylation is 2. The molecule has 2 aromatic heterocycles. The molecular formula is C21H21FN4OS. The Morgan fingerprint density at radius 3 is 2.86 bits per heavy atom. The van der Waals surface area contributed by atoms with Gasteiger partial charge in [-0.15, -0.1) is 11.3 Å². The Bertz CT molecular complexity index is 1060. The van der Waals surface area contributed by atoms with E-state index in [1.807, 2.05) is 0 Å². The fourth-order valence-corrected chi connectivity index (χ4v) is 5.01. The Hall–Kier alpha value is -2.54. The summed E-state index contributed by atoms with van der Waals surface area (Å²) in [6, 6.07) is 4.67. The molecule has 1 fully saturated rings. The summed E-state index contributed by atoms with van der Waals surface area (Å²) in [6.45, 7) is 0. The lowest BCUT2D eigenvalue weighted by molar-refractivity contribution is -0.117. The molecule has 2 aliphatic carbocycles. The molecule has 144 valence electrons. The number of carbonyl (C=O) groups excluding carboxylic acids is 1. The summed E-state index contributed by atoms with van der Waals surface area (Å²) < 4.78 is 14.2. The molecule has 0 unspecified atom stereocenters. The van der Waals surface area contributed by atoms with Crippen molar-refractivity contribution in [3.8, 4) is 0 Å². The standard InChI is InChI=1S/C21H21FN4OS/c22-15-9-8-13(10-16(15)26-20(27)12-6-7-12)25-19-18-14-4-2-1-3-5-17(14)28-21(18)24-11-23-19/h8-12H,1-7H2,(H,26,27)(H,23,24,25). The average Bonchev–Trinajstić information content (AvgIpc) is 3.50. The first-order chi connectivity index (χ1) is 13.7. The van der Waals surface area contributed by atoms with Crippen LogP contribution >= 0.6 is 11.3 Å². The Balaban J connectivity index is 1.48. The van der Waals surface area contributed by atoms with E-state index in [9.17, 15) is 9.18 Å². The maximum atomic E-state index is 14.2. The highest BCUT2D eigenvalue weighted by atomic mass is 32.1. The molecule has 28 heavy (non-hydrogen) atoms. The molecule has 1 amide bonds. The van der Waals surface area contributed by atoms with Crippen LogP contribution in [0.15, 0.2) is 24.5 Å². The summed E-state index contributed by atoms with van der Waals surface area (Å²) in [5.74, 6) is 0.231. The maximum absolute atomic E-state index is 14.2. The number of aromatic nitrogens is 2. The minimum absolute atomic E-state index is 0.0266. The fraction of sp³-hybridized carbons (Fsp3) is 0.381. The normalized spacial score (nSPS) is 16.5. The van der Waals surface area contributed by atoms with Crippen molar-refractivity contribution >= 4 is 44.7 Å². The molecule has 2 N–H and O–H groups in total. The van der Waals surface area contributed by atoms with Gasteiger partial charge < -0.3 is 10.6 Å². The molecule has 0 spiro atoms. The van der Waals surface area contributed by atoms with Crippen LogP contribution in [0.25, 0.3) is 10.2 Å². The fourth-order valence-electron chi connectivity index (χ4n) is 3.78. The monoisotopic (exact) mass is 396 g/mol. The molecular weight excluding hydrogens is 375 g/mol. The lowest BCUT2D eigenvalue weighted by Crippen LogP contribution is -2.14. The first-order valence-electron chi connectivity index (χ1n) is 9.82. The van der Waals surface area contributed by atoms with Crippen molar-refractivity contribution in [1.82, 2.24) is 9.97 Å². The molecule has 2 aliphatic rings. The van der Waals surface area contributed by atoms with Gasteiger partial charge in [-0.25, -0.2) is 14.4 Å². The molecule has 0 aliphatic heterocycles. The third kappa shape index (κ3) is 3.35. The van der Waals surface area contributed by atoms with E-state index < -0.39 is 5.82 Å². The van der Waals surface area contributed by atoms with E-state index >= 15 is 0 Å². The highest BCUT2D eigenvalue weighted by Gasteiger charge is 2.30. The van der Waals surface area contributed by atoms with E-state index in [-0.39, 0.29) is 17.5 Å². The molecule has 3 aromatic rings.